The summed E-state index contributed by atoms with van der Waals surface area (Å²) in [5.41, 5.74) is 7.31. The van der Waals surface area contributed by atoms with Crippen molar-refractivity contribution < 1.29 is 9.52 Å². The maximum Gasteiger partial charge on any atom is 0.361 e. The number of phenolic OH excluding ortho intramolecular Hbond substituents is 1. The van der Waals surface area contributed by atoms with Gasteiger partial charge in [-0.05, 0) is 24.3 Å². The van der Waals surface area contributed by atoms with Crippen molar-refractivity contribution in [2.75, 3.05) is 0 Å². The summed E-state index contributed by atoms with van der Waals surface area (Å²) in [5, 5.41) is 19.2. The fraction of sp³-hybridized carbons (Fsp3) is 0. The van der Waals surface area contributed by atoms with Crippen LogP contribution in [0.15, 0.2) is 33.8 Å². The van der Waals surface area contributed by atoms with E-state index in [4.69, 9.17) is 15.1 Å². The van der Waals surface area contributed by atoms with Crippen LogP contribution in [0.2, 0.25) is 0 Å². The SMILES string of the molecule is N=Nc1nnc(-c2ccc(O)cc2)o1. The van der Waals surface area contributed by atoms with Crippen LogP contribution in [0.5, 0.6) is 5.75 Å². The predicted molar refractivity (Wildman–Crippen MR) is 46.2 cm³/mol. The summed E-state index contributed by atoms with van der Waals surface area (Å²) in [6, 6.07) is 6.20. The molecule has 0 aliphatic carbocycles. The summed E-state index contributed by atoms with van der Waals surface area (Å²) < 4.78 is 5.00. The second kappa shape index (κ2) is 3.25. The molecule has 0 spiro atoms. The molecule has 1 aromatic heterocycles. The van der Waals surface area contributed by atoms with Crippen LogP contribution in [0.25, 0.3) is 11.5 Å². The molecule has 1 heterocycles. The van der Waals surface area contributed by atoms with E-state index in [1.807, 2.05) is 0 Å². The Kier molecular flexibility index (Phi) is 1.94. The highest BCUT2D eigenvalue weighted by Gasteiger charge is 2.06. The van der Waals surface area contributed by atoms with Crippen molar-refractivity contribution in [3.63, 3.8) is 0 Å². The van der Waals surface area contributed by atoms with E-state index in [9.17, 15) is 0 Å². The molecule has 0 atom stereocenters. The van der Waals surface area contributed by atoms with E-state index in [1.54, 1.807) is 12.1 Å². The standard InChI is InChI=1S/C8H6N4O2/c9-10-8-12-11-7(14-8)5-1-3-6(13)4-2-5/h1-4,9,13H. The molecular formula is C8H6N4O2. The molecule has 2 rings (SSSR count). The summed E-state index contributed by atoms with van der Waals surface area (Å²) in [6.45, 7) is 0. The topological polar surface area (TPSA) is 95.4 Å². The molecular weight excluding hydrogens is 184 g/mol. The normalized spacial score (nSPS) is 10.0. The number of hydrogen-bond donors (Lipinski definition) is 2. The average Bonchev–Trinajstić information content (AvgIpc) is 2.67. The van der Waals surface area contributed by atoms with Gasteiger partial charge in [-0.3, -0.25) is 0 Å². The van der Waals surface area contributed by atoms with Crippen molar-refractivity contribution in [1.29, 1.82) is 5.53 Å². The van der Waals surface area contributed by atoms with Gasteiger partial charge in [0, 0.05) is 5.56 Å². The number of nitrogens with one attached hydrogen (secondary N) is 1. The van der Waals surface area contributed by atoms with E-state index in [0.717, 1.165) is 0 Å². The molecule has 0 bridgehead atoms. The maximum atomic E-state index is 9.04. The Labute approximate surface area is 78.7 Å². The van der Waals surface area contributed by atoms with Crippen LogP contribution in [0.4, 0.5) is 6.01 Å². The third kappa shape index (κ3) is 1.45. The van der Waals surface area contributed by atoms with Crippen LogP contribution in [-0.4, -0.2) is 15.3 Å². The fourth-order valence-corrected chi connectivity index (χ4v) is 0.981. The zero-order chi connectivity index (χ0) is 9.97. The van der Waals surface area contributed by atoms with Gasteiger partial charge in [-0.15, -0.1) is 5.10 Å². The van der Waals surface area contributed by atoms with Gasteiger partial charge in [-0.2, -0.15) is 5.53 Å². The lowest BCUT2D eigenvalue weighted by molar-refractivity contribution is 0.475. The first kappa shape index (κ1) is 8.36. The van der Waals surface area contributed by atoms with E-state index in [-0.39, 0.29) is 17.7 Å². The maximum absolute atomic E-state index is 9.04. The van der Waals surface area contributed by atoms with E-state index in [2.05, 4.69) is 15.3 Å². The van der Waals surface area contributed by atoms with Gasteiger partial charge in [-0.1, -0.05) is 10.2 Å². The molecule has 0 saturated carbocycles. The van der Waals surface area contributed by atoms with E-state index in [0.29, 0.717) is 5.56 Å². The molecule has 14 heavy (non-hydrogen) atoms. The summed E-state index contributed by atoms with van der Waals surface area (Å²) in [6.07, 6.45) is 0. The molecule has 0 aliphatic heterocycles. The fourth-order valence-electron chi connectivity index (χ4n) is 0.981. The molecule has 6 nitrogen and oxygen atoms in total. The highest BCUT2D eigenvalue weighted by Crippen LogP contribution is 2.22. The molecule has 6 heteroatoms. The molecule has 0 unspecified atom stereocenters. The van der Waals surface area contributed by atoms with Gasteiger partial charge in [0.05, 0.1) is 0 Å². The van der Waals surface area contributed by atoms with Crippen molar-refractivity contribution in [3.8, 4) is 17.2 Å². The number of benzene rings is 1. The predicted octanol–water partition coefficient (Wildman–Crippen LogP) is 2.10. The van der Waals surface area contributed by atoms with Gasteiger partial charge < -0.3 is 9.52 Å². The molecule has 0 aliphatic rings. The van der Waals surface area contributed by atoms with Crippen LogP contribution in [0.3, 0.4) is 0 Å². The summed E-state index contributed by atoms with van der Waals surface area (Å²) in [5.74, 6) is 0.440. The van der Waals surface area contributed by atoms with Crippen molar-refractivity contribution in [1.82, 2.24) is 10.2 Å². The molecule has 0 saturated heterocycles. The lowest BCUT2D eigenvalue weighted by atomic mass is 10.2. The number of phenols is 1. The summed E-state index contributed by atoms with van der Waals surface area (Å²) in [4.78, 5) is 0. The minimum Gasteiger partial charge on any atom is -0.508 e. The van der Waals surface area contributed by atoms with Crippen LogP contribution in [-0.2, 0) is 0 Å². The first-order chi connectivity index (χ1) is 6.79. The number of aromatic hydroxyl groups is 1. The van der Waals surface area contributed by atoms with E-state index < -0.39 is 0 Å². The molecule has 2 N–H and O–H groups in total. The zero-order valence-electron chi connectivity index (χ0n) is 7.01. The van der Waals surface area contributed by atoms with Gasteiger partial charge in [0.2, 0.25) is 5.89 Å². The minimum atomic E-state index is -0.0897. The zero-order valence-corrected chi connectivity index (χ0v) is 7.01. The van der Waals surface area contributed by atoms with Gasteiger partial charge in [-0.25, -0.2) is 0 Å². The van der Waals surface area contributed by atoms with Crippen LogP contribution in [0.1, 0.15) is 0 Å². The Morgan fingerprint density at radius 1 is 1.21 bits per heavy atom. The second-order valence-corrected chi connectivity index (χ2v) is 2.55. The van der Waals surface area contributed by atoms with Gasteiger partial charge in [0.25, 0.3) is 0 Å². The van der Waals surface area contributed by atoms with E-state index in [1.165, 1.54) is 12.1 Å². The Bertz CT molecular complexity index is 449. The largest absolute Gasteiger partial charge is 0.508 e. The monoisotopic (exact) mass is 190 g/mol. The molecule has 70 valence electrons. The minimum absolute atomic E-state index is 0.0897. The third-order valence-electron chi connectivity index (χ3n) is 1.62. The third-order valence-corrected chi connectivity index (χ3v) is 1.62. The Morgan fingerprint density at radius 3 is 2.50 bits per heavy atom. The molecule has 0 radical (unpaired) electrons. The van der Waals surface area contributed by atoms with Gasteiger partial charge in [0.15, 0.2) is 0 Å². The quantitative estimate of drug-likeness (QED) is 0.708. The highest BCUT2D eigenvalue weighted by atomic mass is 16.4. The van der Waals surface area contributed by atoms with Crippen molar-refractivity contribution in [2.45, 2.75) is 0 Å². The number of rotatable bonds is 2. The van der Waals surface area contributed by atoms with E-state index >= 15 is 0 Å². The number of aromatic nitrogens is 2. The van der Waals surface area contributed by atoms with Crippen molar-refractivity contribution in [3.05, 3.63) is 24.3 Å². The summed E-state index contributed by atoms with van der Waals surface area (Å²) in [7, 11) is 0. The Morgan fingerprint density at radius 2 is 1.93 bits per heavy atom. The lowest BCUT2D eigenvalue weighted by Gasteiger charge is -1.93. The molecule has 1 aromatic carbocycles. The van der Waals surface area contributed by atoms with Crippen LogP contribution < -0.4 is 0 Å². The average molecular weight is 190 g/mol. The van der Waals surface area contributed by atoms with Crippen molar-refractivity contribution >= 4 is 6.01 Å². The highest BCUT2D eigenvalue weighted by molar-refractivity contribution is 5.54. The second-order valence-electron chi connectivity index (χ2n) is 2.55. The molecule has 2 aromatic rings. The number of nitrogens with zero attached hydrogens (tertiary/aromatic N) is 3. The first-order valence-corrected chi connectivity index (χ1v) is 3.80. The lowest BCUT2D eigenvalue weighted by Crippen LogP contribution is -1.76. The smallest absolute Gasteiger partial charge is 0.361 e. The Hall–Kier alpha value is -2.24. The van der Waals surface area contributed by atoms with Crippen molar-refractivity contribution in [2.24, 2.45) is 5.11 Å². The first-order valence-electron chi connectivity index (χ1n) is 3.80. The Balaban J connectivity index is 2.39. The van der Waals surface area contributed by atoms with Gasteiger partial charge in [0.1, 0.15) is 5.75 Å². The van der Waals surface area contributed by atoms with Gasteiger partial charge >= 0.3 is 6.01 Å². The molecule has 0 amide bonds. The summed E-state index contributed by atoms with van der Waals surface area (Å²) >= 11 is 0. The molecule has 0 fully saturated rings. The van der Waals surface area contributed by atoms with Crippen LogP contribution >= 0.6 is 0 Å². The number of hydrogen-bond acceptors (Lipinski definition) is 6. The van der Waals surface area contributed by atoms with Crippen LogP contribution in [0, 0.1) is 5.53 Å².